The lowest BCUT2D eigenvalue weighted by Gasteiger charge is -2.18. The van der Waals surface area contributed by atoms with Crippen LogP contribution in [0.5, 0.6) is 0 Å². The number of hydrogen-bond acceptors (Lipinski definition) is 1. The van der Waals surface area contributed by atoms with Crippen LogP contribution in [0, 0.1) is 65.1 Å². The standard InChI is InChI=1S/C29H19N/c1-4-5-6-7-8-12-15-18-21-26-30-27-22-25-29(30)24-20-17-14-11-9-10-13-16-19-23-28(2)3/h26,28-29H,1,22,24-25,27H2,2-3H3. The molecule has 1 saturated heterocycles. The fraction of sp³-hybridized carbons (Fsp3) is 0.276. The van der Waals surface area contributed by atoms with Crippen molar-refractivity contribution in [1.82, 2.24) is 4.90 Å². The average Bonchev–Trinajstić information content (AvgIpc) is 3.17. The van der Waals surface area contributed by atoms with E-state index >= 15 is 0 Å². The van der Waals surface area contributed by atoms with Gasteiger partial charge in [0.15, 0.2) is 0 Å². The molecule has 1 nitrogen and oxygen atoms in total. The summed E-state index contributed by atoms with van der Waals surface area (Å²) in [5.41, 5.74) is 23.6. The van der Waals surface area contributed by atoms with E-state index in [1.165, 1.54) is 0 Å². The van der Waals surface area contributed by atoms with E-state index in [-0.39, 0.29) is 0 Å². The molecule has 0 spiro atoms. The maximum absolute atomic E-state index is 3.35. The lowest BCUT2D eigenvalue weighted by Crippen LogP contribution is -2.22. The summed E-state index contributed by atoms with van der Waals surface area (Å²) in [5, 5.41) is 0. The van der Waals surface area contributed by atoms with Crippen molar-refractivity contribution < 1.29 is 0 Å². The zero-order chi connectivity index (χ0) is 21.7. The second kappa shape index (κ2) is 16.5. The maximum atomic E-state index is 3.35. The van der Waals surface area contributed by atoms with Crippen LogP contribution in [0.4, 0.5) is 0 Å². The van der Waals surface area contributed by atoms with Gasteiger partial charge in [0.1, 0.15) is 0 Å². The minimum Gasteiger partial charge on any atom is -0.367 e. The second-order valence-corrected chi connectivity index (χ2v) is 6.04. The van der Waals surface area contributed by atoms with Crippen molar-refractivity contribution in [3.05, 3.63) is 64.4 Å². The van der Waals surface area contributed by atoms with E-state index in [1.54, 1.807) is 0 Å². The molecule has 0 aliphatic carbocycles. The first-order valence-electron chi connectivity index (χ1n) is 9.34. The molecule has 1 atom stereocenters. The molecular formula is C29H19N. The fourth-order valence-corrected chi connectivity index (χ4v) is 2.18. The number of hydrogen-bond donors (Lipinski definition) is 0. The zero-order valence-electron chi connectivity index (χ0n) is 17.2. The molecule has 0 radical (unpaired) electrons. The normalized spacial score (nSPS) is 11.6. The Labute approximate surface area is 180 Å². The molecule has 0 N–H and O–H groups in total. The minimum absolute atomic E-state index is 0.309. The molecule has 0 saturated carbocycles. The first-order valence-corrected chi connectivity index (χ1v) is 9.34. The lowest BCUT2D eigenvalue weighted by molar-refractivity contribution is 0.355. The third-order valence-electron chi connectivity index (χ3n) is 3.41. The van der Waals surface area contributed by atoms with Crippen molar-refractivity contribution >= 4 is 0 Å². The number of nitrogens with zero attached hydrogens (tertiary/aromatic N) is 1. The summed E-state index contributed by atoms with van der Waals surface area (Å²) in [6, 6.07) is 0.350. The predicted molar refractivity (Wildman–Crippen MR) is 120 cm³/mol. The first-order chi connectivity index (χ1) is 14.7. The molecule has 1 unspecified atom stereocenters. The van der Waals surface area contributed by atoms with Gasteiger partial charge in [-0.25, -0.2) is 0 Å². The Hall–Kier alpha value is -4.64. The van der Waals surface area contributed by atoms with Crippen LogP contribution < -0.4 is 0 Å². The van der Waals surface area contributed by atoms with Gasteiger partial charge in [-0.1, -0.05) is 31.4 Å². The van der Waals surface area contributed by atoms with Crippen LogP contribution in [0.1, 0.15) is 33.1 Å². The summed E-state index contributed by atoms with van der Waals surface area (Å²) in [4.78, 5) is 2.20. The van der Waals surface area contributed by atoms with Gasteiger partial charge in [0.2, 0.25) is 0 Å². The molecule has 140 valence electrons. The molecule has 0 aromatic heterocycles. The van der Waals surface area contributed by atoms with Crippen molar-refractivity contribution in [3.8, 4) is 59.2 Å². The highest BCUT2D eigenvalue weighted by Gasteiger charge is 2.20. The Bertz CT molecular complexity index is 1290. The average molecular weight is 381 g/mol. The van der Waals surface area contributed by atoms with Gasteiger partial charge in [-0.05, 0) is 113 Å². The van der Waals surface area contributed by atoms with Crippen LogP contribution >= 0.6 is 0 Å². The Morgan fingerprint density at radius 2 is 1.43 bits per heavy atom. The van der Waals surface area contributed by atoms with Gasteiger partial charge in [0.05, 0.1) is 6.20 Å². The van der Waals surface area contributed by atoms with Crippen LogP contribution in [0.25, 0.3) is 0 Å². The van der Waals surface area contributed by atoms with Crippen molar-refractivity contribution in [2.75, 3.05) is 6.54 Å². The Morgan fingerprint density at radius 3 is 2.10 bits per heavy atom. The van der Waals surface area contributed by atoms with Crippen LogP contribution in [0.2, 0.25) is 0 Å². The van der Waals surface area contributed by atoms with Gasteiger partial charge >= 0.3 is 0 Å². The van der Waals surface area contributed by atoms with E-state index in [0.29, 0.717) is 12.0 Å². The van der Waals surface area contributed by atoms with Gasteiger partial charge in [-0.2, -0.15) is 0 Å². The Kier molecular flexibility index (Phi) is 12.9. The third kappa shape index (κ3) is 12.7. The van der Waals surface area contributed by atoms with Crippen molar-refractivity contribution in [2.45, 2.75) is 39.2 Å². The van der Waals surface area contributed by atoms with Crippen LogP contribution in [0.3, 0.4) is 0 Å². The van der Waals surface area contributed by atoms with Crippen LogP contribution in [-0.4, -0.2) is 17.5 Å². The maximum Gasteiger partial charge on any atom is 0.0518 e. The Morgan fingerprint density at radius 1 is 0.833 bits per heavy atom. The molecule has 1 aliphatic rings. The highest BCUT2D eigenvalue weighted by Crippen LogP contribution is 2.19. The number of rotatable bonds is 2. The first kappa shape index (κ1) is 23.4. The van der Waals surface area contributed by atoms with E-state index < -0.39 is 0 Å². The summed E-state index contributed by atoms with van der Waals surface area (Å²) in [6.45, 7) is 8.34. The van der Waals surface area contributed by atoms with Crippen molar-refractivity contribution in [2.24, 2.45) is 5.92 Å². The van der Waals surface area contributed by atoms with Crippen LogP contribution in [0.15, 0.2) is 64.4 Å². The molecule has 0 bridgehead atoms. The topological polar surface area (TPSA) is 3.24 Å². The van der Waals surface area contributed by atoms with Crippen LogP contribution in [-0.2, 0) is 0 Å². The predicted octanol–water partition coefficient (Wildman–Crippen LogP) is 4.05. The zero-order valence-corrected chi connectivity index (χ0v) is 17.2. The van der Waals surface area contributed by atoms with Gasteiger partial charge in [-0.15, -0.1) is 0 Å². The largest absolute Gasteiger partial charge is 0.367 e. The van der Waals surface area contributed by atoms with E-state index in [1.807, 2.05) is 20.0 Å². The minimum atomic E-state index is 0.309. The number of likely N-dealkylation sites (tertiary alicyclic amines) is 1. The monoisotopic (exact) mass is 381 g/mol. The quantitative estimate of drug-likeness (QED) is 0.515. The molecule has 1 fully saturated rings. The molecule has 0 aromatic rings. The summed E-state index contributed by atoms with van der Waals surface area (Å²) >= 11 is 0. The SMILES string of the molecule is C=C=C=C=C=C=C=C=C=C=CN1CCCC1CC#CC#CC#CC#CC#CC(C)C. The van der Waals surface area contributed by atoms with E-state index in [4.69, 9.17) is 0 Å². The van der Waals surface area contributed by atoms with Gasteiger partial charge in [0.25, 0.3) is 0 Å². The molecule has 0 aromatic carbocycles. The van der Waals surface area contributed by atoms with Gasteiger partial charge in [-0.3, -0.25) is 0 Å². The van der Waals surface area contributed by atoms with Crippen molar-refractivity contribution in [3.63, 3.8) is 0 Å². The summed E-state index contributed by atoms with van der Waals surface area (Å²) < 4.78 is 0. The molecule has 1 rings (SSSR count). The fourth-order valence-electron chi connectivity index (χ4n) is 2.18. The molecule has 1 heteroatoms. The molecule has 1 heterocycles. The smallest absolute Gasteiger partial charge is 0.0518 e. The summed E-state index contributed by atoms with van der Waals surface area (Å²) in [7, 11) is 0. The van der Waals surface area contributed by atoms with E-state index in [0.717, 1.165) is 25.8 Å². The third-order valence-corrected chi connectivity index (χ3v) is 3.41. The highest BCUT2D eigenvalue weighted by molar-refractivity contribution is 5.42. The summed E-state index contributed by atoms with van der Waals surface area (Å²) in [6.07, 6.45) is 4.81. The second-order valence-electron chi connectivity index (χ2n) is 6.04. The lowest BCUT2D eigenvalue weighted by atomic mass is 10.1. The summed E-state index contributed by atoms with van der Waals surface area (Å²) in [5.74, 6) is 27.9. The molecule has 1 aliphatic heterocycles. The van der Waals surface area contributed by atoms with E-state index in [9.17, 15) is 0 Å². The highest BCUT2D eigenvalue weighted by atomic mass is 15.2. The molecule has 0 amide bonds. The van der Waals surface area contributed by atoms with Gasteiger partial charge < -0.3 is 4.90 Å². The Balaban J connectivity index is 2.65. The van der Waals surface area contributed by atoms with E-state index in [2.05, 4.69) is 122 Å². The van der Waals surface area contributed by atoms with Crippen molar-refractivity contribution in [1.29, 1.82) is 0 Å². The molecule has 30 heavy (non-hydrogen) atoms. The molecular weight excluding hydrogens is 362 g/mol. The van der Waals surface area contributed by atoms with Gasteiger partial charge in [0, 0.05) is 24.9 Å².